The summed E-state index contributed by atoms with van der Waals surface area (Å²) in [6.45, 7) is 6.75. The van der Waals surface area contributed by atoms with Gasteiger partial charge in [-0.15, -0.1) is 0 Å². The third-order valence-corrected chi connectivity index (χ3v) is 2.27. The van der Waals surface area contributed by atoms with E-state index in [2.05, 4.69) is 4.99 Å². The first kappa shape index (κ1) is 14.6. The zero-order chi connectivity index (χ0) is 12.6. The fourth-order valence-corrected chi connectivity index (χ4v) is 1.51. The minimum absolute atomic E-state index is 0.0648. The molecule has 0 aromatic heterocycles. The second-order valence-corrected chi connectivity index (χ2v) is 3.30. The molecule has 1 heterocycles. The Hall–Kier alpha value is -1.38. The van der Waals surface area contributed by atoms with Crippen LogP contribution in [0.2, 0.25) is 0 Å². The number of carbonyl (C=O) groups excluding carboxylic acids is 1. The lowest BCUT2D eigenvalue weighted by atomic mass is 10.00. The van der Waals surface area contributed by atoms with Crippen LogP contribution < -0.4 is 0 Å². The molecule has 3 heteroatoms. The van der Waals surface area contributed by atoms with E-state index >= 15 is 0 Å². The predicted octanol–water partition coefficient (Wildman–Crippen LogP) is 2.45. The van der Waals surface area contributed by atoms with E-state index in [1.807, 2.05) is 40.0 Å². The number of rotatable bonds is 2. The van der Waals surface area contributed by atoms with Gasteiger partial charge in [0.25, 0.3) is 5.91 Å². The summed E-state index contributed by atoms with van der Waals surface area (Å²) in [5.74, 6) is 0.0648. The Kier molecular flexibility index (Phi) is 7.18. The average molecular weight is 222 g/mol. The van der Waals surface area contributed by atoms with Crippen LogP contribution in [0, 0.1) is 0 Å². The number of nitrogens with zero attached hydrogens (tertiary/aromatic N) is 2. The first-order chi connectivity index (χ1) is 7.70. The van der Waals surface area contributed by atoms with Crippen molar-refractivity contribution in [2.75, 3.05) is 20.6 Å². The van der Waals surface area contributed by atoms with Crippen molar-refractivity contribution in [2.24, 2.45) is 4.99 Å². The molecule has 0 atom stereocenters. The molecule has 3 nitrogen and oxygen atoms in total. The molecular formula is C13H22N2O. The van der Waals surface area contributed by atoms with Gasteiger partial charge in [0.1, 0.15) is 0 Å². The molecule has 0 radical (unpaired) electrons. The fraction of sp³-hybridized carbons (Fsp3) is 0.538. The summed E-state index contributed by atoms with van der Waals surface area (Å²) in [5, 5.41) is 0. The SMILES string of the molecule is C/C=C\C1=C(C=NC)C(=O)N(C)CC1.CC. The van der Waals surface area contributed by atoms with Crippen LogP contribution in [0.5, 0.6) is 0 Å². The molecule has 0 fully saturated rings. The molecule has 0 saturated carbocycles. The number of likely N-dealkylation sites (N-methyl/N-ethyl adjacent to an activating group) is 1. The molecule has 0 aromatic carbocycles. The van der Waals surface area contributed by atoms with Crippen molar-refractivity contribution >= 4 is 12.1 Å². The maximum atomic E-state index is 11.7. The van der Waals surface area contributed by atoms with E-state index in [9.17, 15) is 4.79 Å². The molecule has 16 heavy (non-hydrogen) atoms. The highest BCUT2D eigenvalue weighted by molar-refractivity contribution is 6.13. The Balaban J connectivity index is 0.00000106. The van der Waals surface area contributed by atoms with Gasteiger partial charge >= 0.3 is 0 Å². The minimum Gasteiger partial charge on any atom is -0.341 e. The smallest absolute Gasteiger partial charge is 0.255 e. The van der Waals surface area contributed by atoms with Crippen molar-refractivity contribution in [1.29, 1.82) is 0 Å². The highest BCUT2D eigenvalue weighted by Crippen LogP contribution is 2.18. The van der Waals surface area contributed by atoms with Crippen molar-refractivity contribution < 1.29 is 4.79 Å². The predicted molar refractivity (Wildman–Crippen MR) is 69.9 cm³/mol. The highest BCUT2D eigenvalue weighted by atomic mass is 16.2. The van der Waals surface area contributed by atoms with Crippen LogP contribution in [-0.4, -0.2) is 37.7 Å². The van der Waals surface area contributed by atoms with Crippen molar-refractivity contribution in [3.63, 3.8) is 0 Å². The van der Waals surface area contributed by atoms with Gasteiger partial charge in [-0.2, -0.15) is 0 Å². The maximum Gasteiger partial charge on any atom is 0.255 e. The largest absolute Gasteiger partial charge is 0.341 e. The third-order valence-electron chi connectivity index (χ3n) is 2.27. The number of hydrogen-bond donors (Lipinski definition) is 0. The minimum atomic E-state index is 0.0648. The summed E-state index contributed by atoms with van der Waals surface area (Å²) in [4.78, 5) is 17.4. The normalized spacial score (nSPS) is 17.1. The van der Waals surface area contributed by atoms with Crippen LogP contribution in [0.25, 0.3) is 0 Å². The van der Waals surface area contributed by atoms with Crippen LogP contribution in [0.1, 0.15) is 27.2 Å². The molecule has 0 N–H and O–H groups in total. The first-order valence-electron chi connectivity index (χ1n) is 5.74. The molecule has 1 amide bonds. The standard InChI is InChI=1S/C11H16N2O.C2H6/c1-4-5-9-6-7-13(3)11(14)10(9)8-12-2;1-2/h4-5,8H,6-7H2,1-3H3;1-2H3/b5-4-,12-8?;. The van der Waals surface area contributed by atoms with Crippen LogP contribution in [0.3, 0.4) is 0 Å². The lowest BCUT2D eigenvalue weighted by Crippen LogP contribution is -2.34. The summed E-state index contributed by atoms with van der Waals surface area (Å²) < 4.78 is 0. The lowest BCUT2D eigenvalue weighted by molar-refractivity contribution is -0.125. The van der Waals surface area contributed by atoms with Crippen molar-refractivity contribution in [3.8, 4) is 0 Å². The average Bonchev–Trinajstić information content (AvgIpc) is 2.31. The van der Waals surface area contributed by atoms with E-state index < -0.39 is 0 Å². The Bertz CT molecular complexity index is 314. The molecule has 0 aliphatic carbocycles. The summed E-state index contributed by atoms with van der Waals surface area (Å²) >= 11 is 0. The van der Waals surface area contributed by atoms with E-state index in [1.54, 1.807) is 18.2 Å². The van der Waals surface area contributed by atoms with Gasteiger partial charge < -0.3 is 4.90 Å². The summed E-state index contributed by atoms with van der Waals surface area (Å²) in [6.07, 6.45) is 6.50. The number of aliphatic imine (C=N–C) groups is 1. The topological polar surface area (TPSA) is 32.7 Å². The highest BCUT2D eigenvalue weighted by Gasteiger charge is 2.21. The summed E-state index contributed by atoms with van der Waals surface area (Å²) in [7, 11) is 3.50. The molecule has 0 unspecified atom stereocenters. The van der Waals surface area contributed by atoms with Gasteiger partial charge in [-0.3, -0.25) is 9.79 Å². The van der Waals surface area contributed by atoms with Gasteiger partial charge in [0.15, 0.2) is 0 Å². The van der Waals surface area contributed by atoms with E-state index in [4.69, 9.17) is 0 Å². The lowest BCUT2D eigenvalue weighted by Gasteiger charge is -2.24. The van der Waals surface area contributed by atoms with Crippen molar-refractivity contribution in [1.82, 2.24) is 4.90 Å². The molecule has 0 saturated heterocycles. The monoisotopic (exact) mass is 222 g/mol. The Morgan fingerprint density at radius 3 is 2.50 bits per heavy atom. The summed E-state index contributed by atoms with van der Waals surface area (Å²) in [5.41, 5.74) is 1.81. The van der Waals surface area contributed by atoms with Gasteiger partial charge in [0, 0.05) is 26.9 Å². The Labute approximate surface area is 98.6 Å². The number of allylic oxidation sites excluding steroid dienone is 2. The fourth-order valence-electron chi connectivity index (χ4n) is 1.51. The van der Waals surface area contributed by atoms with Gasteiger partial charge in [0.2, 0.25) is 0 Å². The third kappa shape index (κ3) is 3.65. The van der Waals surface area contributed by atoms with Gasteiger partial charge in [-0.1, -0.05) is 26.0 Å². The number of carbonyl (C=O) groups is 1. The van der Waals surface area contributed by atoms with E-state index in [-0.39, 0.29) is 5.91 Å². The van der Waals surface area contributed by atoms with Crippen molar-refractivity contribution in [3.05, 3.63) is 23.3 Å². The molecule has 90 valence electrons. The van der Waals surface area contributed by atoms with Crippen LogP contribution in [0.15, 0.2) is 28.3 Å². The van der Waals surface area contributed by atoms with Crippen LogP contribution in [0.4, 0.5) is 0 Å². The second kappa shape index (κ2) is 7.85. The van der Waals surface area contributed by atoms with E-state index in [0.717, 1.165) is 24.1 Å². The Morgan fingerprint density at radius 1 is 1.38 bits per heavy atom. The molecule has 1 aliphatic heterocycles. The first-order valence-corrected chi connectivity index (χ1v) is 5.74. The second-order valence-electron chi connectivity index (χ2n) is 3.30. The quantitative estimate of drug-likeness (QED) is 0.660. The number of amides is 1. The van der Waals surface area contributed by atoms with Crippen LogP contribution in [-0.2, 0) is 4.79 Å². The van der Waals surface area contributed by atoms with E-state index in [0.29, 0.717) is 0 Å². The zero-order valence-electron chi connectivity index (χ0n) is 10.9. The van der Waals surface area contributed by atoms with Crippen LogP contribution >= 0.6 is 0 Å². The number of hydrogen-bond acceptors (Lipinski definition) is 2. The van der Waals surface area contributed by atoms with Gasteiger partial charge in [-0.25, -0.2) is 0 Å². The zero-order valence-corrected chi connectivity index (χ0v) is 10.9. The molecular weight excluding hydrogens is 200 g/mol. The van der Waals surface area contributed by atoms with Gasteiger partial charge in [-0.05, 0) is 18.9 Å². The molecule has 0 aromatic rings. The maximum absolute atomic E-state index is 11.7. The Morgan fingerprint density at radius 2 is 2.00 bits per heavy atom. The van der Waals surface area contributed by atoms with Gasteiger partial charge in [0.05, 0.1) is 5.57 Å². The molecule has 1 aliphatic rings. The molecule has 1 rings (SSSR count). The van der Waals surface area contributed by atoms with Crippen molar-refractivity contribution in [2.45, 2.75) is 27.2 Å². The van der Waals surface area contributed by atoms with E-state index in [1.165, 1.54) is 0 Å². The molecule has 0 bridgehead atoms. The summed E-state index contributed by atoms with van der Waals surface area (Å²) in [6, 6.07) is 0. The molecule has 0 spiro atoms.